The van der Waals surface area contributed by atoms with E-state index < -0.39 is 6.10 Å². The van der Waals surface area contributed by atoms with E-state index >= 15 is 0 Å². The first kappa shape index (κ1) is 67.6. The van der Waals surface area contributed by atoms with Crippen molar-refractivity contribution in [3.05, 3.63) is 85.1 Å². The molecule has 71 heavy (non-hydrogen) atoms. The Morgan fingerprint density at radius 3 is 0.873 bits per heavy atom. The fourth-order valence-electron chi connectivity index (χ4n) is 8.38. The molecule has 0 N–H and O–H groups in total. The summed E-state index contributed by atoms with van der Waals surface area (Å²) in [7, 11) is 0. The van der Waals surface area contributed by atoms with Gasteiger partial charge < -0.3 is 14.2 Å². The zero-order valence-electron chi connectivity index (χ0n) is 46.7. The topological polar surface area (TPSA) is 78.9 Å². The van der Waals surface area contributed by atoms with Crippen molar-refractivity contribution in [2.75, 3.05) is 13.2 Å². The summed E-state index contributed by atoms with van der Waals surface area (Å²) in [5.74, 6) is -0.890. The maximum Gasteiger partial charge on any atom is 0.306 e. The van der Waals surface area contributed by atoms with E-state index in [-0.39, 0.29) is 31.1 Å². The van der Waals surface area contributed by atoms with Gasteiger partial charge in [-0.25, -0.2) is 0 Å². The lowest BCUT2D eigenvalue weighted by atomic mass is 10.1. The maximum absolute atomic E-state index is 12.8. The van der Waals surface area contributed by atoms with Crippen molar-refractivity contribution >= 4 is 17.9 Å². The monoisotopic (exact) mass is 989 g/mol. The van der Waals surface area contributed by atoms with E-state index in [4.69, 9.17) is 14.2 Å². The number of carbonyl (C=O) groups excluding carboxylic acids is 3. The minimum absolute atomic E-state index is 0.0797. The molecule has 0 bridgehead atoms. The van der Waals surface area contributed by atoms with Gasteiger partial charge in [0.1, 0.15) is 13.2 Å². The Balaban J connectivity index is 4.28. The third kappa shape index (κ3) is 57.4. The molecule has 0 saturated heterocycles. The zero-order chi connectivity index (χ0) is 51.4. The van der Waals surface area contributed by atoms with Gasteiger partial charge in [0.2, 0.25) is 0 Å². The highest BCUT2D eigenvalue weighted by molar-refractivity contribution is 5.71. The summed E-state index contributed by atoms with van der Waals surface area (Å²) >= 11 is 0. The van der Waals surface area contributed by atoms with E-state index in [1.807, 2.05) is 0 Å². The fraction of sp³-hybridized carbons (Fsp3) is 0.738. The van der Waals surface area contributed by atoms with E-state index in [1.54, 1.807) is 0 Å². The smallest absolute Gasteiger partial charge is 0.306 e. The van der Waals surface area contributed by atoms with Crippen molar-refractivity contribution in [2.24, 2.45) is 0 Å². The molecule has 0 aromatic heterocycles. The maximum atomic E-state index is 12.8. The number of carbonyl (C=O) groups is 3. The van der Waals surface area contributed by atoms with Gasteiger partial charge in [-0.3, -0.25) is 14.4 Å². The average molecular weight is 990 g/mol. The zero-order valence-corrected chi connectivity index (χ0v) is 46.7. The molecule has 408 valence electrons. The Bertz CT molecular complexity index is 1370. The molecule has 1 unspecified atom stereocenters. The predicted octanol–water partition coefficient (Wildman–Crippen LogP) is 20.3. The highest BCUT2D eigenvalue weighted by Gasteiger charge is 2.19. The predicted molar refractivity (Wildman–Crippen MR) is 307 cm³/mol. The van der Waals surface area contributed by atoms with Crippen molar-refractivity contribution in [1.29, 1.82) is 0 Å². The van der Waals surface area contributed by atoms with Crippen LogP contribution < -0.4 is 0 Å². The van der Waals surface area contributed by atoms with Gasteiger partial charge in [-0.15, -0.1) is 0 Å². The lowest BCUT2D eigenvalue weighted by Gasteiger charge is -2.18. The Hall–Kier alpha value is -3.41. The van der Waals surface area contributed by atoms with E-state index in [0.717, 1.165) is 116 Å². The number of allylic oxidation sites excluding steroid dienone is 14. The van der Waals surface area contributed by atoms with Crippen LogP contribution in [0.2, 0.25) is 0 Å². The van der Waals surface area contributed by atoms with Crippen LogP contribution in [-0.2, 0) is 28.6 Å². The van der Waals surface area contributed by atoms with E-state index in [1.165, 1.54) is 135 Å². The Morgan fingerprint density at radius 2 is 0.549 bits per heavy atom. The van der Waals surface area contributed by atoms with E-state index in [9.17, 15) is 14.4 Å². The largest absolute Gasteiger partial charge is 0.462 e. The highest BCUT2D eigenvalue weighted by Crippen LogP contribution is 2.15. The Morgan fingerprint density at radius 1 is 0.296 bits per heavy atom. The van der Waals surface area contributed by atoms with Crippen LogP contribution in [0.1, 0.15) is 290 Å². The Kier molecular flexibility index (Phi) is 56.3. The first-order valence-electron chi connectivity index (χ1n) is 30.1. The standard InChI is InChI=1S/C65H112O6/c1-4-7-10-13-16-19-22-24-26-27-28-29-30-31-32-33-34-35-36-37-39-40-43-46-49-52-55-58-64(67)70-61-62(60-69-63(66)57-54-51-48-45-42-21-18-15-12-9-6-3)71-65(68)59-56-53-50-47-44-41-38-25-23-20-17-14-11-8-5-2/h7,10,16,19,24-26,28-29,31-32,34-35,38,62H,4-6,8-9,11-15,17-18,20-23,27,30,33,36-37,39-61H2,1-3H3/b10-7-,19-16-,26-24-,29-28-,32-31-,35-34-,38-25-. The average Bonchev–Trinajstić information content (AvgIpc) is 3.37. The van der Waals surface area contributed by atoms with Crippen LogP contribution in [0.25, 0.3) is 0 Å². The van der Waals surface area contributed by atoms with Crippen LogP contribution in [0.15, 0.2) is 85.1 Å². The van der Waals surface area contributed by atoms with Crippen molar-refractivity contribution in [1.82, 2.24) is 0 Å². The first-order chi connectivity index (χ1) is 35.0. The Labute approximate surface area is 439 Å². The molecule has 0 aliphatic rings. The molecule has 6 nitrogen and oxygen atoms in total. The number of unbranched alkanes of at least 4 members (excludes halogenated alkanes) is 29. The highest BCUT2D eigenvalue weighted by atomic mass is 16.6. The third-order valence-corrected chi connectivity index (χ3v) is 12.9. The molecule has 1 atom stereocenters. The molecule has 0 spiro atoms. The summed E-state index contributed by atoms with van der Waals surface area (Å²) in [5.41, 5.74) is 0. The van der Waals surface area contributed by atoms with E-state index in [0.29, 0.717) is 19.3 Å². The second kappa shape index (κ2) is 59.2. The van der Waals surface area contributed by atoms with Gasteiger partial charge in [-0.2, -0.15) is 0 Å². The summed E-state index contributed by atoms with van der Waals surface area (Å²) in [5, 5.41) is 0. The number of hydrogen-bond donors (Lipinski definition) is 0. The van der Waals surface area contributed by atoms with Crippen LogP contribution in [0.5, 0.6) is 0 Å². The molecular formula is C65H112O6. The lowest BCUT2D eigenvalue weighted by Crippen LogP contribution is -2.30. The summed E-state index contributed by atoms with van der Waals surface area (Å²) in [4.78, 5) is 38.1. The third-order valence-electron chi connectivity index (χ3n) is 12.9. The lowest BCUT2D eigenvalue weighted by molar-refractivity contribution is -0.167. The van der Waals surface area contributed by atoms with Gasteiger partial charge in [-0.1, -0.05) is 260 Å². The van der Waals surface area contributed by atoms with Gasteiger partial charge in [0.25, 0.3) is 0 Å². The molecule has 0 aromatic carbocycles. The minimum atomic E-state index is -0.782. The molecule has 0 aromatic rings. The van der Waals surface area contributed by atoms with Gasteiger partial charge in [0, 0.05) is 19.3 Å². The van der Waals surface area contributed by atoms with Gasteiger partial charge >= 0.3 is 17.9 Å². The molecule has 0 heterocycles. The van der Waals surface area contributed by atoms with Crippen molar-refractivity contribution < 1.29 is 28.6 Å². The van der Waals surface area contributed by atoms with Gasteiger partial charge in [-0.05, 0) is 96.3 Å². The molecule has 0 aliphatic heterocycles. The second-order valence-electron chi connectivity index (χ2n) is 19.9. The summed E-state index contributed by atoms with van der Waals surface area (Å²) in [6.45, 7) is 6.52. The quantitative estimate of drug-likeness (QED) is 0.0261. The number of rotatable bonds is 54. The fourth-order valence-corrected chi connectivity index (χ4v) is 8.38. The van der Waals surface area contributed by atoms with Crippen LogP contribution in [0.4, 0.5) is 0 Å². The van der Waals surface area contributed by atoms with Crippen molar-refractivity contribution in [3.8, 4) is 0 Å². The molecule has 0 aliphatic carbocycles. The second-order valence-corrected chi connectivity index (χ2v) is 19.9. The van der Waals surface area contributed by atoms with Crippen LogP contribution in [0.3, 0.4) is 0 Å². The first-order valence-corrected chi connectivity index (χ1v) is 30.1. The molecule has 0 rings (SSSR count). The van der Waals surface area contributed by atoms with Gasteiger partial charge in [0.05, 0.1) is 0 Å². The number of ether oxygens (including phenoxy) is 3. The van der Waals surface area contributed by atoms with Crippen LogP contribution in [0, 0.1) is 0 Å². The summed E-state index contributed by atoms with van der Waals surface area (Å²) in [6, 6.07) is 0. The van der Waals surface area contributed by atoms with Crippen molar-refractivity contribution in [2.45, 2.75) is 297 Å². The van der Waals surface area contributed by atoms with Crippen LogP contribution >= 0.6 is 0 Å². The molecule has 0 fully saturated rings. The molecule has 6 heteroatoms. The van der Waals surface area contributed by atoms with Crippen LogP contribution in [-0.4, -0.2) is 37.2 Å². The minimum Gasteiger partial charge on any atom is -0.462 e. The molecule has 0 saturated carbocycles. The number of esters is 3. The normalized spacial score (nSPS) is 12.7. The summed E-state index contributed by atoms with van der Waals surface area (Å²) in [6.07, 6.45) is 77.2. The SMILES string of the molecule is CC/C=C\C/C=C\C/C=C\C/C=C\C/C=C\C/C=C\CCCCCCCCCCC(=O)OCC(COC(=O)CCCCCCCCCCCCC)OC(=O)CCCCCCC/C=C\CCCCCCCC. The molecular weight excluding hydrogens is 877 g/mol. The van der Waals surface area contributed by atoms with Gasteiger partial charge in [0.15, 0.2) is 6.10 Å². The van der Waals surface area contributed by atoms with E-state index in [2.05, 4.69) is 106 Å². The number of hydrogen-bond acceptors (Lipinski definition) is 6. The molecule has 0 radical (unpaired) electrons. The molecule has 0 amide bonds. The summed E-state index contributed by atoms with van der Waals surface area (Å²) < 4.78 is 16.9. The van der Waals surface area contributed by atoms with Crippen molar-refractivity contribution in [3.63, 3.8) is 0 Å².